The number of ether oxygens (including phenoxy) is 1. The highest BCUT2D eigenvalue weighted by Crippen LogP contribution is 2.22. The first-order valence-electron chi connectivity index (χ1n) is 15.4. The summed E-state index contributed by atoms with van der Waals surface area (Å²) < 4.78 is 5.10. The maximum atomic E-state index is 12.6. The van der Waals surface area contributed by atoms with Crippen LogP contribution in [-0.2, 0) is 14.3 Å². The number of rotatable bonds is 26. The molecule has 3 heteroatoms. The normalized spacial score (nSPS) is 12.0. The molecule has 0 saturated carbocycles. The van der Waals surface area contributed by atoms with E-state index in [1.165, 1.54) is 128 Å². The van der Waals surface area contributed by atoms with Crippen molar-refractivity contribution >= 4 is 11.9 Å². The number of unbranched alkanes of at least 4 members (excludes halogenated alkanes) is 20. The van der Waals surface area contributed by atoms with E-state index in [0.29, 0.717) is 5.57 Å². The Morgan fingerprint density at radius 2 is 0.829 bits per heavy atom. The zero-order chi connectivity index (χ0) is 26.0. The highest BCUT2D eigenvalue weighted by Gasteiger charge is 2.22. The Bertz CT molecular complexity index is 511. The number of hydrogen-bond acceptors (Lipinski definition) is 3. The molecule has 0 rings (SSSR count). The van der Waals surface area contributed by atoms with Crippen LogP contribution in [-0.4, -0.2) is 11.9 Å². The van der Waals surface area contributed by atoms with Crippen LogP contribution in [0.25, 0.3) is 0 Å². The molecule has 0 aromatic rings. The Balaban J connectivity index is 4.01. The van der Waals surface area contributed by atoms with Crippen molar-refractivity contribution in [2.75, 3.05) is 0 Å². The molecule has 206 valence electrons. The first-order chi connectivity index (χ1) is 17.0. The van der Waals surface area contributed by atoms with Gasteiger partial charge in [0.25, 0.3) is 0 Å². The largest absolute Gasteiger partial charge is 0.389 e. The van der Waals surface area contributed by atoms with Gasteiger partial charge in [-0.05, 0) is 19.8 Å². The van der Waals surface area contributed by atoms with E-state index < -0.39 is 5.97 Å². The lowest BCUT2D eigenvalue weighted by molar-refractivity contribution is -0.160. The number of carbonyl (C=O) groups is 2. The molecule has 1 atom stereocenters. The molecule has 35 heavy (non-hydrogen) atoms. The van der Waals surface area contributed by atoms with Crippen LogP contribution in [0.4, 0.5) is 0 Å². The van der Waals surface area contributed by atoms with Gasteiger partial charge in [-0.2, -0.15) is 0 Å². The third-order valence-electron chi connectivity index (χ3n) is 7.19. The summed E-state index contributed by atoms with van der Waals surface area (Å²) in [4.78, 5) is 24.4. The summed E-state index contributed by atoms with van der Waals surface area (Å²) in [5.74, 6) is -1.05. The predicted octanol–water partition coefficient (Wildman–Crippen LogP) is 10.7. The van der Waals surface area contributed by atoms with Gasteiger partial charge in [-0.3, -0.25) is 4.79 Å². The van der Waals surface area contributed by atoms with Gasteiger partial charge in [0.2, 0.25) is 0 Å². The van der Waals surface area contributed by atoms with Crippen LogP contribution < -0.4 is 0 Å². The molecule has 0 fully saturated rings. The Labute approximate surface area is 219 Å². The second-order valence-electron chi connectivity index (χ2n) is 10.8. The van der Waals surface area contributed by atoms with E-state index >= 15 is 0 Å². The topological polar surface area (TPSA) is 43.4 Å². The molecule has 0 N–H and O–H groups in total. The molecular formula is C32H60O3. The van der Waals surface area contributed by atoms with E-state index in [9.17, 15) is 9.59 Å². The van der Waals surface area contributed by atoms with Crippen molar-refractivity contribution in [2.24, 2.45) is 5.92 Å². The van der Waals surface area contributed by atoms with Gasteiger partial charge in [0, 0.05) is 5.57 Å². The average Bonchev–Trinajstić information content (AvgIpc) is 2.84. The van der Waals surface area contributed by atoms with E-state index in [4.69, 9.17) is 4.74 Å². The molecule has 0 aliphatic carbocycles. The Morgan fingerprint density at radius 1 is 0.543 bits per heavy atom. The average molecular weight is 493 g/mol. The zero-order valence-electron chi connectivity index (χ0n) is 24.0. The molecule has 0 aliphatic heterocycles. The van der Waals surface area contributed by atoms with Crippen LogP contribution in [0, 0.1) is 5.92 Å². The van der Waals surface area contributed by atoms with Crippen LogP contribution in [0.2, 0.25) is 0 Å². The fourth-order valence-electron chi connectivity index (χ4n) is 4.75. The van der Waals surface area contributed by atoms with E-state index in [2.05, 4.69) is 20.4 Å². The lowest BCUT2D eigenvalue weighted by Crippen LogP contribution is -2.22. The second-order valence-corrected chi connectivity index (χ2v) is 10.8. The minimum Gasteiger partial charge on any atom is -0.389 e. The van der Waals surface area contributed by atoms with E-state index in [1.807, 2.05) is 0 Å². The molecule has 0 aromatic heterocycles. The monoisotopic (exact) mass is 492 g/mol. The predicted molar refractivity (Wildman–Crippen MR) is 152 cm³/mol. The van der Waals surface area contributed by atoms with Gasteiger partial charge in [0.1, 0.15) is 0 Å². The summed E-state index contributed by atoms with van der Waals surface area (Å²) >= 11 is 0. The van der Waals surface area contributed by atoms with Crippen molar-refractivity contribution in [2.45, 2.75) is 175 Å². The minimum atomic E-state index is -0.572. The Kier molecular flexibility index (Phi) is 25.1. The smallest absolute Gasteiger partial charge is 0.340 e. The van der Waals surface area contributed by atoms with Gasteiger partial charge in [0.15, 0.2) is 0 Å². The standard InChI is InChI=1S/C32H60O3/c1-5-7-9-11-13-15-17-18-20-22-24-26-28-30(32(34)35-31(33)29(3)4)27-25-23-21-19-16-14-12-10-8-6-2/h30H,3,5-28H2,1-2,4H3. The highest BCUT2D eigenvalue weighted by atomic mass is 16.6. The molecule has 0 saturated heterocycles. The van der Waals surface area contributed by atoms with Crippen LogP contribution >= 0.6 is 0 Å². The maximum Gasteiger partial charge on any atom is 0.340 e. The minimum absolute atomic E-state index is 0.143. The van der Waals surface area contributed by atoms with Crippen LogP contribution in [0.15, 0.2) is 12.2 Å². The molecule has 0 aromatic carbocycles. The van der Waals surface area contributed by atoms with Crippen LogP contribution in [0.5, 0.6) is 0 Å². The molecule has 0 amide bonds. The van der Waals surface area contributed by atoms with E-state index in [-0.39, 0.29) is 11.9 Å². The van der Waals surface area contributed by atoms with Gasteiger partial charge in [-0.1, -0.05) is 162 Å². The fourth-order valence-corrected chi connectivity index (χ4v) is 4.75. The highest BCUT2D eigenvalue weighted by molar-refractivity contribution is 5.95. The van der Waals surface area contributed by atoms with Crippen molar-refractivity contribution in [3.63, 3.8) is 0 Å². The lowest BCUT2D eigenvalue weighted by atomic mass is 9.94. The summed E-state index contributed by atoms with van der Waals surface area (Å²) in [6, 6.07) is 0. The third kappa shape index (κ3) is 23.1. The third-order valence-corrected chi connectivity index (χ3v) is 7.19. The second kappa shape index (κ2) is 26.0. The van der Waals surface area contributed by atoms with E-state index in [0.717, 1.165) is 25.7 Å². The Hall–Kier alpha value is -1.12. The van der Waals surface area contributed by atoms with Gasteiger partial charge in [0.05, 0.1) is 5.92 Å². The van der Waals surface area contributed by atoms with E-state index in [1.54, 1.807) is 6.92 Å². The van der Waals surface area contributed by atoms with Crippen molar-refractivity contribution in [1.82, 2.24) is 0 Å². The lowest BCUT2D eigenvalue weighted by Gasteiger charge is -2.15. The van der Waals surface area contributed by atoms with Crippen molar-refractivity contribution in [3.8, 4) is 0 Å². The molecule has 0 spiro atoms. The van der Waals surface area contributed by atoms with Gasteiger partial charge >= 0.3 is 11.9 Å². The zero-order valence-corrected chi connectivity index (χ0v) is 24.0. The molecule has 3 nitrogen and oxygen atoms in total. The first kappa shape index (κ1) is 33.9. The van der Waals surface area contributed by atoms with Crippen LogP contribution in [0.3, 0.4) is 0 Å². The summed E-state index contributed by atoms with van der Waals surface area (Å²) in [7, 11) is 0. The Morgan fingerprint density at radius 3 is 1.11 bits per heavy atom. The first-order valence-corrected chi connectivity index (χ1v) is 15.4. The number of esters is 2. The van der Waals surface area contributed by atoms with Gasteiger partial charge in [-0.15, -0.1) is 0 Å². The molecule has 0 heterocycles. The fraction of sp³-hybridized carbons (Fsp3) is 0.875. The molecule has 0 aliphatic rings. The SMILES string of the molecule is C=C(C)C(=O)OC(=O)C(CCCCCCCCCCCC)CCCCCCCCCCCCCC. The van der Waals surface area contributed by atoms with Crippen molar-refractivity contribution in [3.05, 3.63) is 12.2 Å². The van der Waals surface area contributed by atoms with Crippen LogP contribution in [0.1, 0.15) is 175 Å². The summed E-state index contributed by atoms with van der Waals surface area (Å²) in [6.07, 6.45) is 30.3. The quantitative estimate of drug-likeness (QED) is 0.0522. The maximum absolute atomic E-state index is 12.6. The number of carbonyl (C=O) groups excluding carboxylic acids is 2. The molecule has 0 radical (unpaired) electrons. The van der Waals surface area contributed by atoms with Crippen molar-refractivity contribution < 1.29 is 14.3 Å². The summed E-state index contributed by atoms with van der Waals surface area (Å²) in [5, 5.41) is 0. The van der Waals surface area contributed by atoms with Gasteiger partial charge < -0.3 is 4.74 Å². The summed E-state index contributed by atoms with van der Waals surface area (Å²) in [6.45, 7) is 9.73. The van der Waals surface area contributed by atoms with Crippen molar-refractivity contribution in [1.29, 1.82) is 0 Å². The molecule has 0 bridgehead atoms. The summed E-state index contributed by atoms with van der Waals surface area (Å²) in [5.41, 5.74) is 0.293. The number of hydrogen-bond donors (Lipinski definition) is 0. The molecular weight excluding hydrogens is 432 g/mol. The van der Waals surface area contributed by atoms with Gasteiger partial charge in [-0.25, -0.2) is 4.79 Å². The molecule has 1 unspecified atom stereocenters.